The van der Waals surface area contributed by atoms with Gasteiger partial charge in [0.1, 0.15) is 4.90 Å². The summed E-state index contributed by atoms with van der Waals surface area (Å²) in [5.41, 5.74) is 0. The predicted molar refractivity (Wildman–Crippen MR) is 81.9 cm³/mol. The van der Waals surface area contributed by atoms with Crippen molar-refractivity contribution in [3.8, 4) is 0 Å². The second-order valence-corrected chi connectivity index (χ2v) is 7.37. The first-order valence-corrected chi connectivity index (χ1v) is 8.90. The molecular weight excluding hydrogens is 319 g/mol. The van der Waals surface area contributed by atoms with E-state index in [9.17, 15) is 8.42 Å². The van der Waals surface area contributed by atoms with Crippen molar-refractivity contribution in [2.75, 3.05) is 26.2 Å². The minimum absolute atomic E-state index is 0.0327. The van der Waals surface area contributed by atoms with Crippen LogP contribution in [0.1, 0.15) is 19.3 Å². The number of likely N-dealkylation sites (tertiary alicyclic amines) is 1. The van der Waals surface area contributed by atoms with Gasteiger partial charge in [-0.1, -0.05) is 35.7 Å². The maximum absolute atomic E-state index is 12.2. The number of hydrogen-bond acceptors (Lipinski definition) is 3. The molecule has 0 aliphatic carbocycles. The molecule has 1 N–H and O–H groups in total. The molecule has 0 radical (unpaired) electrons. The predicted octanol–water partition coefficient (Wildman–Crippen LogP) is 2.76. The molecule has 0 unspecified atom stereocenters. The number of rotatable bonds is 5. The standard InChI is InChI=1S/C13H18Cl2N2O2S/c14-11-5-4-6-12(13(11)15)20(18,19)16-7-10-17-8-2-1-3-9-17/h4-6,16H,1-3,7-10H2. The van der Waals surface area contributed by atoms with Crippen molar-refractivity contribution in [1.29, 1.82) is 0 Å². The van der Waals surface area contributed by atoms with Crippen molar-refractivity contribution in [1.82, 2.24) is 9.62 Å². The molecule has 4 nitrogen and oxygen atoms in total. The first-order chi connectivity index (χ1) is 9.50. The molecule has 2 rings (SSSR count). The average molecular weight is 337 g/mol. The molecule has 112 valence electrons. The van der Waals surface area contributed by atoms with E-state index in [2.05, 4.69) is 9.62 Å². The minimum Gasteiger partial charge on any atom is -0.302 e. The summed E-state index contributed by atoms with van der Waals surface area (Å²) in [7, 11) is -3.61. The van der Waals surface area contributed by atoms with Crippen LogP contribution in [0.2, 0.25) is 10.0 Å². The Morgan fingerprint density at radius 1 is 1.15 bits per heavy atom. The van der Waals surface area contributed by atoms with E-state index in [1.807, 2.05) is 0 Å². The molecule has 1 aromatic rings. The van der Waals surface area contributed by atoms with Gasteiger partial charge in [-0.15, -0.1) is 0 Å². The van der Waals surface area contributed by atoms with E-state index in [-0.39, 0.29) is 14.9 Å². The summed E-state index contributed by atoms with van der Waals surface area (Å²) in [4.78, 5) is 2.30. The first kappa shape index (κ1) is 16.0. The summed E-state index contributed by atoms with van der Waals surface area (Å²) in [5, 5.41) is 0.310. The number of piperidine rings is 1. The third-order valence-corrected chi connectivity index (χ3v) is 5.81. The van der Waals surface area contributed by atoms with Crippen molar-refractivity contribution in [2.45, 2.75) is 24.2 Å². The van der Waals surface area contributed by atoms with Crippen molar-refractivity contribution in [3.63, 3.8) is 0 Å². The Kier molecular flexibility index (Phi) is 5.69. The molecule has 0 atom stereocenters. The second kappa shape index (κ2) is 7.09. The highest BCUT2D eigenvalue weighted by molar-refractivity contribution is 7.89. The number of nitrogens with zero attached hydrogens (tertiary/aromatic N) is 1. The van der Waals surface area contributed by atoms with Gasteiger partial charge in [0.15, 0.2) is 0 Å². The summed E-state index contributed by atoms with van der Waals surface area (Å²) < 4.78 is 26.9. The van der Waals surface area contributed by atoms with Crippen LogP contribution in [0.5, 0.6) is 0 Å². The van der Waals surface area contributed by atoms with Crippen molar-refractivity contribution in [2.24, 2.45) is 0 Å². The molecule has 1 aliphatic heterocycles. The zero-order chi connectivity index (χ0) is 14.6. The molecule has 0 bridgehead atoms. The van der Waals surface area contributed by atoms with Crippen LogP contribution in [-0.2, 0) is 10.0 Å². The van der Waals surface area contributed by atoms with E-state index in [0.29, 0.717) is 6.54 Å². The monoisotopic (exact) mass is 336 g/mol. The quantitative estimate of drug-likeness (QED) is 0.899. The highest BCUT2D eigenvalue weighted by Gasteiger charge is 2.19. The van der Waals surface area contributed by atoms with E-state index >= 15 is 0 Å². The van der Waals surface area contributed by atoms with Crippen LogP contribution < -0.4 is 4.72 Å². The maximum atomic E-state index is 12.2. The third-order valence-electron chi connectivity index (χ3n) is 3.37. The van der Waals surface area contributed by atoms with E-state index in [1.54, 1.807) is 12.1 Å². The van der Waals surface area contributed by atoms with Crippen LogP contribution >= 0.6 is 23.2 Å². The van der Waals surface area contributed by atoms with Gasteiger partial charge in [0, 0.05) is 13.1 Å². The maximum Gasteiger partial charge on any atom is 0.242 e. The molecule has 0 spiro atoms. The Morgan fingerprint density at radius 3 is 2.55 bits per heavy atom. The van der Waals surface area contributed by atoms with Crippen LogP contribution in [0.25, 0.3) is 0 Å². The fourth-order valence-electron chi connectivity index (χ4n) is 2.29. The van der Waals surface area contributed by atoms with Gasteiger partial charge >= 0.3 is 0 Å². The number of halogens is 2. The average Bonchev–Trinajstić information content (AvgIpc) is 2.42. The first-order valence-electron chi connectivity index (χ1n) is 6.67. The van der Waals surface area contributed by atoms with Gasteiger partial charge in [-0.25, -0.2) is 13.1 Å². The molecule has 0 saturated carbocycles. The van der Waals surface area contributed by atoms with E-state index in [1.165, 1.54) is 25.3 Å². The largest absolute Gasteiger partial charge is 0.302 e. The summed E-state index contributed by atoms with van der Waals surface area (Å²) >= 11 is 11.8. The molecule has 1 heterocycles. The topological polar surface area (TPSA) is 49.4 Å². The van der Waals surface area contributed by atoms with Crippen LogP contribution in [0.4, 0.5) is 0 Å². The Bertz CT molecular complexity index is 557. The van der Waals surface area contributed by atoms with Crippen LogP contribution in [0.3, 0.4) is 0 Å². The van der Waals surface area contributed by atoms with Gasteiger partial charge < -0.3 is 4.90 Å². The van der Waals surface area contributed by atoms with Crippen LogP contribution in [-0.4, -0.2) is 39.5 Å². The molecule has 7 heteroatoms. The Labute approximate surface area is 130 Å². The lowest BCUT2D eigenvalue weighted by atomic mass is 10.1. The van der Waals surface area contributed by atoms with Gasteiger partial charge in [0.2, 0.25) is 10.0 Å². The molecule has 0 amide bonds. The van der Waals surface area contributed by atoms with E-state index in [0.717, 1.165) is 19.6 Å². The fraction of sp³-hybridized carbons (Fsp3) is 0.538. The van der Waals surface area contributed by atoms with Crippen molar-refractivity contribution >= 4 is 33.2 Å². The SMILES string of the molecule is O=S(=O)(NCCN1CCCCC1)c1cccc(Cl)c1Cl. The zero-order valence-corrected chi connectivity index (χ0v) is 13.4. The minimum atomic E-state index is -3.61. The van der Waals surface area contributed by atoms with Gasteiger partial charge in [-0.05, 0) is 38.1 Å². The molecule has 1 fully saturated rings. The van der Waals surface area contributed by atoms with Gasteiger partial charge in [0.05, 0.1) is 10.0 Å². The van der Waals surface area contributed by atoms with E-state index < -0.39 is 10.0 Å². The molecule has 1 aliphatic rings. The lowest BCUT2D eigenvalue weighted by Crippen LogP contribution is -2.37. The molecular formula is C13H18Cl2N2O2S. The molecule has 20 heavy (non-hydrogen) atoms. The highest BCUT2D eigenvalue weighted by atomic mass is 35.5. The molecule has 1 aromatic carbocycles. The molecule has 1 saturated heterocycles. The Morgan fingerprint density at radius 2 is 1.85 bits per heavy atom. The zero-order valence-electron chi connectivity index (χ0n) is 11.1. The lowest BCUT2D eigenvalue weighted by molar-refractivity contribution is 0.233. The van der Waals surface area contributed by atoms with Crippen molar-refractivity contribution in [3.05, 3.63) is 28.2 Å². The number of benzene rings is 1. The molecule has 0 aromatic heterocycles. The Balaban J connectivity index is 1.95. The van der Waals surface area contributed by atoms with Crippen LogP contribution in [0, 0.1) is 0 Å². The highest BCUT2D eigenvalue weighted by Crippen LogP contribution is 2.28. The summed E-state index contributed by atoms with van der Waals surface area (Å²) in [5.74, 6) is 0. The summed E-state index contributed by atoms with van der Waals surface area (Å²) in [6.07, 6.45) is 3.64. The number of sulfonamides is 1. The number of hydrogen-bond donors (Lipinski definition) is 1. The third kappa shape index (κ3) is 4.09. The van der Waals surface area contributed by atoms with Crippen LogP contribution in [0.15, 0.2) is 23.1 Å². The number of nitrogens with one attached hydrogen (secondary N) is 1. The second-order valence-electron chi connectivity index (χ2n) is 4.85. The Hall–Kier alpha value is -0.330. The van der Waals surface area contributed by atoms with Gasteiger partial charge in [0.25, 0.3) is 0 Å². The summed E-state index contributed by atoms with van der Waals surface area (Å²) in [6.45, 7) is 3.18. The van der Waals surface area contributed by atoms with Gasteiger partial charge in [-0.2, -0.15) is 0 Å². The lowest BCUT2D eigenvalue weighted by Gasteiger charge is -2.26. The normalized spacial score (nSPS) is 17.3. The van der Waals surface area contributed by atoms with E-state index in [4.69, 9.17) is 23.2 Å². The fourth-order valence-corrected chi connectivity index (χ4v) is 4.07. The smallest absolute Gasteiger partial charge is 0.242 e. The summed E-state index contributed by atoms with van der Waals surface area (Å²) in [6, 6.07) is 4.60. The van der Waals surface area contributed by atoms with Gasteiger partial charge in [-0.3, -0.25) is 0 Å². The van der Waals surface area contributed by atoms with Crippen molar-refractivity contribution < 1.29 is 8.42 Å².